The molecule has 0 amide bonds. The first kappa shape index (κ1) is 14.2. The fourth-order valence-corrected chi connectivity index (χ4v) is 2.54. The summed E-state index contributed by atoms with van der Waals surface area (Å²) in [5, 5.41) is 5.44. The largest absolute Gasteiger partial charge is 0.398 e. The third-order valence-electron chi connectivity index (χ3n) is 3.70. The van der Waals surface area contributed by atoms with E-state index in [1.165, 1.54) is 0 Å². The Labute approximate surface area is 130 Å². The Morgan fingerprint density at radius 3 is 2.41 bits per heavy atom. The number of pyridine rings is 1. The first-order valence-corrected chi connectivity index (χ1v) is 7.24. The number of hydrogen-bond acceptors (Lipinski definition) is 4. The van der Waals surface area contributed by atoms with Crippen LogP contribution < -0.4 is 16.0 Å². The predicted octanol–water partition coefficient (Wildman–Crippen LogP) is 3.94. The number of nitrogen functional groups attached to an aromatic ring is 1. The number of anilines is 4. The molecule has 0 spiro atoms. The summed E-state index contributed by atoms with van der Waals surface area (Å²) in [6, 6.07) is 14.3. The van der Waals surface area contributed by atoms with Crippen molar-refractivity contribution in [3.8, 4) is 0 Å². The van der Waals surface area contributed by atoms with Crippen molar-refractivity contribution < 1.29 is 0 Å². The third-order valence-corrected chi connectivity index (χ3v) is 3.70. The van der Waals surface area contributed by atoms with Crippen LogP contribution in [0.4, 0.5) is 22.9 Å². The second-order valence-electron chi connectivity index (χ2n) is 5.68. The lowest BCUT2D eigenvalue weighted by Gasteiger charge is -2.14. The Hall–Kier alpha value is -2.75. The number of hydrogen-bond donors (Lipinski definition) is 2. The van der Waals surface area contributed by atoms with E-state index < -0.39 is 0 Å². The molecule has 2 aromatic carbocycles. The highest BCUT2D eigenvalue weighted by atomic mass is 15.1. The Kier molecular flexibility index (Phi) is 3.59. The average molecular weight is 292 g/mol. The average Bonchev–Trinajstić information content (AvgIpc) is 2.48. The maximum atomic E-state index is 6.11. The van der Waals surface area contributed by atoms with Crippen molar-refractivity contribution in [2.45, 2.75) is 6.92 Å². The zero-order valence-corrected chi connectivity index (χ0v) is 13.1. The summed E-state index contributed by atoms with van der Waals surface area (Å²) in [5.41, 5.74) is 10.2. The highest BCUT2D eigenvalue weighted by Gasteiger charge is 2.06. The molecule has 1 aromatic heterocycles. The van der Waals surface area contributed by atoms with Gasteiger partial charge in [0.1, 0.15) is 5.82 Å². The van der Waals surface area contributed by atoms with Crippen LogP contribution in [0.5, 0.6) is 0 Å². The van der Waals surface area contributed by atoms with E-state index in [1.54, 1.807) is 6.20 Å². The molecule has 1 heterocycles. The minimum absolute atomic E-state index is 0.781. The summed E-state index contributed by atoms with van der Waals surface area (Å²) in [6.07, 6.45) is 1.78. The van der Waals surface area contributed by atoms with E-state index in [0.29, 0.717) is 0 Å². The van der Waals surface area contributed by atoms with Gasteiger partial charge in [0, 0.05) is 48.1 Å². The van der Waals surface area contributed by atoms with Crippen molar-refractivity contribution >= 4 is 33.7 Å². The lowest BCUT2D eigenvalue weighted by atomic mass is 10.1. The van der Waals surface area contributed by atoms with Gasteiger partial charge in [-0.1, -0.05) is 0 Å². The van der Waals surface area contributed by atoms with Crippen molar-refractivity contribution in [1.29, 1.82) is 0 Å². The fraction of sp³-hybridized carbons (Fsp3) is 0.167. The van der Waals surface area contributed by atoms with Crippen molar-refractivity contribution in [3.63, 3.8) is 0 Å². The van der Waals surface area contributed by atoms with Crippen LogP contribution in [0.2, 0.25) is 0 Å². The Bertz CT molecular complexity index is 807. The zero-order chi connectivity index (χ0) is 15.7. The fourth-order valence-electron chi connectivity index (χ4n) is 2.54. The molecule has 0 fully saturated rings. The van der Waals surface area contributed by atoms with Gasteiger partial charge in [0.15, 0.2) is 0 Å². The normalized spacial score (nSPS) is 10.7. The second-order valence-corrected chi connectivity index (χ2v) is 5.68. The summed E-state index contributed by atoms with van der Waals surface area (Å²) < 4.78 is 0. The van der Waals surface area contributed by atoms with Crippen LogP contribution >= 0.6 is 0 Å². The summed E-state index contributed by atoms with van der Waals surface area (Å²) in [4.78, 5) is 6.54. The number of aromatic nitrogens is 1. The van der Waals surface area contributed by atoms with Gasteiger partial charge in [-0.25, -0.2) is 4.98 Å². The van der Waals surface area contributed by atoms with E-state index >= 15 is 0 Å². The molecular weight excluding hydrogens is 272 g/mol. The van der Waals surface area contributed by atoms with Crippen LogP contribution in [0.3, 0.4) is 0 Å². The van der Waals surface area contributed by atoms with Gasteiger partial charge in [0.05, 0.1) is 0 Å². The number of fused-ring (bicyclic) bond motifs is 1. The number of aryl methyl sites for hydroxylation is 1. The van der Waals surface area contributed by atoms with E-state index in [2.05, 4.69) is 45.5 Å². The van der Waals surface area contributed by atoms with E-state index in [0.717, 1.165) is 39.2 Å². The molecule has 3 aromatic rings. The summed E-state index contributed by atoms with van der Waals surface area (Å²) in [6.45, 7) is 2.04. The lowest BCUT2D eigenvalue weighted by Crippen LogP contribution is -2.08. The summed E-state index contributed by atoms with van der Waals surface area (Å²) >= 11 is 0. The minimum Gasteiger partial charge on any atom is -0.398 e. The number of benzene rings is 2. The van der Waals surface area contributed by atoms with Crippen LogP contribution in [0.15, 0.2) is 48.7 Å². The van der Waals surface area contributed by atoms with Gasteiger partial charge in [-0.15, -0.1) is 0 Å². The van der Waals surface area contributed by atoms with Crippen LogP contribution in [0.25, 0.3) is 10.8 Å². The standard InChI is InChI=1S/C18H20N4/c1-12-10-16-15(17(19)11-12)8-9-20-18(16)21-13-4-6-14(7-5-13)22(2)3/h4-11H,19H2,1-3H3,(H,20,21). The molecular formula is C18H20N4. The first-order valence-electron chi connectivity index (χ1n) is 7.24. The van der Waals surface area contributed by atoms with Crippen LogP contribution in [-0.2, 0) is 0 Å². The van der Waals surface area contributed by atoms with Gasteiger partial charge in [-0.05, 0) is 55.0 Å². The minimum atomic E-state index is 0.781. The third kappa shape index (κ3) is 2.68. The number of rotatable bonds is 3. The van der Waals surface area contributed by atoms with Gasteiger partial charge in [0.25, 0.3) is 0 Å². The molecule has 3 N–H and O–H groups in total. The molecule has 0 bridgehead atoms. The molecule has 22 heavy (non-hydrogen) atoms. The molecule has 0 aliphatic carbocycles. The highest BCUT2D eigenvalue weighted by molar-refractivity contribution is 6.00. The first-order chi connectivity index (χ1) is 10.5. The predicted molar refractivity (Wildman–Crippen MR) is 94.9 cm³/mol. The van der Waals surface area contributed by atoms with Gasteiger partial charge in [-0.3, -0.25) is 0 Å². The lowest BCUT2D eigenvalue weighted by molar-refractivity contribution is 1.13. The van der Waals surface area contributed by atoms with E-state index in [9.17, 15) is 0 Å². The molecule has 3 rings (SSSR count). The smallest absolute Gasteiger partial charge is 0.138 e. The molecule has 0 saturated heterocycles. The second kappa shape index (κ2) is 5.56. The highest BCUT2D eigenvalue weighted by Crippen LogP contribution is 2.29. The summed E-state index contributed by atoms with van der Waals surface area (Å²) in [7, 11) is 4.06. The molecule has 0 radical (unpaired) electrons. The van der Waals surface area contributed by atoms with E-state index in [4.69, 9.17) is 5.73 Å². The molecule has 0 aliphatic heterocycles. The molecule has 4 heteroatoms. The van der Waals surface area contributed by atoms with Crippen LogP contribution in [-0.4, -0.2) is 19.1 Å². The van der Waals surface area contributed by atoms with Crippen molar-refractivity contribution in [2.24, 2.45) is 0 Å². The van der Waals surface area contributed by atoms with Crippen molar-refractivity contribution in [2.75, 3.05) is 30.0 Å². The van der Waals surface area contributed by atoms with Crippen LogP contribution in [0, 0.1) is 6.92 Å². The zero-order valence-electron chi connectivity index (χ0n) is 13.1. The van der Waals surface area contributed by atoms with Gasteiger partial charge in [0.2, 0.25) is 0 Å². The maximum absolute atomic E-state index is 6.11. The molecule has 112 valence electrons. The SMILES string of the molecule is Cc1cc(N)c2ccnc(Nc3ccc(N(C)C)cc3)c2c1. The van der Waals surface area contributed by atoms with Gasteiger partial charge in [-0.2, -0.15) is 0 Å². The Morgan fingerprint density at radius 2 is 1.73 bits per heavy atom. The van der Waals surface area contributed by atoms with Crippen LogP contribution in [0.1, 0.15) is 5.56 Å². The molecule has 0 atom stereocenters. The Balaban J connectivity index is 2.00. The van der Waals surface area contributed by atoms with Crippen molar-refractivity contribution in [3.05, 3.63) is 54.2 Å². The molecule has 0 unspecified atom stereocenters. The Morgan fingerprint density at radius 1 is 1.00 bits per heavy atom. The molecule has 0 saturated carbocycles. The molecule has 0 aliphatic rings. The topological polar surface area (TPSA) is 54.2 Å². The molecule has 4 nitrogen and oxygen atoms in total. The van der Waals surface area contributed by atoms with Gasteiger partial charge < -0.3 is 16.0 Å². The van der Waals surface area contributed by atoms with Gasteiger partial charge >= 0.3 is 0 Å². The monoisotopic (exact) mass is 292 g/mol. The summed E-state index contributed by atoms with van der Waals surface area (Å²) in [5.74, 6) is 0.825. The number of nitrogens with zero attached hydrogens (tertiary/aromatic N) is 2. The maximum Gasteiger partial charge on any atom is 0.138 e. The number of nitrogens with two attached hydrogens (primary N) is 1. The number of nitrogens with one attached hydrogen (secondary N) is 1. The van der Waals surface area contributed by atoms with Crippen molar-refractivity contribution in [1.82, 2.24) is 4.98 Å². The quantitative estimate of drug-likeness (QED) is 0.718. The van der Waals surface area contributed by atoms with E-state index in [-0.39, 0.29) is 0 Å². The van der Waals surface area contributed by atoms with E-state index in [1.807, 2.05) is 33.2 Å².